The Morgan fingerprint density at radius 1 is 1.15 bits per heavy atom. The van der Waals surface area contributed by atoms with E-state index in [4.69, 9.17) is 9.15 Å². The Kier molecular flexibility index (Phi) is 7.63. The van der Waals surface area contributed by atoms with E-state index in [9.17, 15) is 18.0 Å². The molecule has 0 aliphatic rings. The summed E-state index contributed by atoms with van der Waals surface area (Å²) in [5.74, 6) is -0.426. The lowest BCUT2D eigenvalue weighted by atomic mass is 10.1. The lowest BCUT2D eigenvalue weighted by Gasteiger charge is -2.23. The molecule has 0 radical (unpaired) electrons. The standard InChI is InChI=1S/C24H29N3O6S/c1-6-32-24(29)23-16(3)20(17(4)25-23)14-27(13-19-8-7-11-33-19)34(30,31)22-12-15(2)9-10-21(22)26-18(5)28/h7-12,25H,6,13-14H2,1-5H3,(H,26,28). The molecule has 0 aliphatic carbocycles. The average molecular weight is 488 g/mol. The van der Waals surface area contributed by atoms with Crippen LogP contribution in [0.25, 0.3) is 0 Å². The number of rotatable bonds is 9. The first-order valence-corrected chi connectivity index (χ1v) is 12.2. The van der Waals surface area contributed by atoms with Gasteiger partial charge in [-0.15, -0.1) is 0 Å². The molecule has 1 amide bonds. The number of nitrogens with zero attached hydrogens (tertiary/aromatic N) is 1. The number of ether oxygens (including phenoxy) is 1. The van der Waals surface area contributed by atoms with Crippen molar-refractivity contribution in [1.29, 1.82) is 0 Å². The number of amides is 1. The minimum atomic E-state index is -4.10. The summed E-state index contributed by atoms with van der Waals surface area (Å²) >= 11 is 0. The number of furan rings is 1. The Hall–Kier alpha value is -3.37. The van der Waals surface area contributed by atoms with E-state index in [0.29, 0.717) is 28.3 Å². The maximum atomic E-state index is 13.9. The zero-order chi connectivity index (χ0) is 25.0. The first kappa shape index (κ1) is 25.3. The van der Waals surface area contributed by atoms with E-state index < -0.39 is 16.0 Å². The van der Waals surface area contributed by atoms with Crippen molar-refractivity contribution >= 4 is 27.6 Å². The number of aryl methyl sites for hydroxylation is 2. The molecule has 0 saturated heterocycles. The Bertz CT molecular complexity index is 1290. The zero-order valence-electron chi connectivity index (χ0n) is 19.9. The van der Waals surface area contributed by atoms with Crippen molar-refractivity contribution in [2.75, 3.05) is 11.9 Å². The molecule has 0 spiro atoms. The van der Waals surface area contributed by atoms with Crippen molar-refractivity contribution < 1.29 is 27.2 Å². The fourth-order valence-electron chi connectivity index (χ4n) is 3.69. The van der Waals surface area contributed by atoms with Crippen LogP contribution in [-0.4, -0.2) is 36.2 Å². The number of esters is 1. The third-order valence-corrected chi connectivity index (χ3v) is 7.22. The van der Waals surface area contributed by atoms with E-state index in [-0.39, 0.29) is 36.2 Å². The van der Waals surface area contributed by atoms with E-state index in [1.54, 1.807) is 52.0 Å². The zero-order valence-corrected chi connectivity index (χ0v) is 20.7. The van der Waals surface area contributed by atoms with E-state index in [1.165, 1.54) is 23.6 Å². The largest absolute Gasteiger partial charge is 0.468 e. The quantitative estimate of drug-likeness (QED) is 0.439. The van der Waals surface area contributed by atoms with Crippen LogP contribution in [0.3, 0.4) is 0 Å². The van der Waals surface area contributed by atoms with Crippen LogP contribution in [0, 0.1) is 20.8 Å². The lowest BCUT2D eigenvalue weighted by molar-refractivity contribution is -0.114. The van der Waals surface area contributed by atoms with Gasteiger partial charge in [-0.05, 0) is 68.7 Å². The van der Waals surface area contributed by atoms with Crippen LogP contribution in [0.1, 0.15) is 52.5 Å². The van der Waals surface area contributed by atoms with Gasteiger partial charge in [0, 0.05) is 19.2 Å². The predicted octanol–water partition coefficient (Wildman–Crippen LogP) is 4.06. The number of benzene rings is 1. The molecule has 2 N–H and O–H groups in total. The monoisotopic (exact) mass is 487 g/mol. The number of aromatic amines is 1. The first-order chi connectivity index (χ1) is 16.0. The summed E-state index contributed by atoms with van der Waals surface area (Å²) in [4.78, 5) is 27.1. The molecular formula is C24H29N3O6S. The summed E-state index contributed by atoms with van der Waals surface area (Å²) in [5.41, 5.74) is 3.14. The molecule has 3 rings (SSSR count). The van der Waals surface area contributed by atoms with Gasteiger partial charge in [0.1, 0.15) is 16.3 Å². The van der Waals surface area contributed by atoms with Gasteiger partial charge in [-0.3, -0.25) is 4.79 Å². The van der Waals surface area contributed by atoms with Gasteiger partial charge in [-0.1, -0.05) is 6.07 Å². The molecule has 0 aliphatic heterocycles. The number of hydrogen-bond donors (Lipinski definition) is 2. The summed E-state index contributed by atoms with van der Waals surface area (Å²) < 4.78 is 39.6. The molecule has 10 heteroatoms. The van der Waals surface area contributed by atoms with Crippen molar-refractivity contribution in [2.45, 2.75) is 52.6 Å². The van der Waals surface area contributed by atoms with E-state index >= 15 is 0 Å². The highest BCUT2D eigenvalue weighted by Gasteiger charge is 2.31. The second kappa shape index (κ2) is 10.3. The minimum absolute atomic E-state index is 0.0225. The molecule has 0 bridgehead atoms. The Balaban J connectivity index is 2.09. The summed E-state index contributed by atoms with van der Waals surface area (Å²) in [6.07, 6.45) is 1.47. The number of carbonyl (C=O) groups is 2. The van der Waals surface area contributed by atoms with Crippen LogP contribution in [0.4, 0.5) is 5.69 Å². The number of nitrogens with one attached hydrogen (secondary N) is 2. The lowest BCUT2D eigenvalue weighted by Crippen LogP contribution is -2.31. The fourth-order valence-corrected chi connectivity index (χ4v) is 5.29. The van der Waals surface area contributed by atoms with Crippen molar-refractivity contribution in [3.05, 3.63) is 70.4 Å². The third-order valence-electron chi connectivity index (χ3n) is 5.38. The average Bonchev–Trinajstić information content (AvgIpc) is 3.37. The van der Waals surface area contributed by atoms with Crippen LogP contribution in [0.5, 0.6) is 0 Å². The van der Waals surface area contributed by atoms with Crippen molar-refractivity contribution in [3.63, 3.8) is 0 Å². The highest BCUT2D eigenvalue weighted by atomic mass is 32.2. The SMILES string of the molecule is CCOC(=O)c1[nH]c(C)c(CN(Cc2ccco2)S(=O)(=O)c2cc(C)ccc2NC(C)=O)c1C. The molecular weight excluding hydrogens is 458 g/mol. The molecule has 2 aromatic heterocycles. The van der Waals surface area contributed by atoms with Gasteiger partial charge < -0.3 is 19.5 Å². The smallest absolute Gasteiger partial charge is 0.355 e. The van der Waals surface area contributed by atoms with E-state index in [1.807, 2.05) is 0 Å². The summed E-state index contributed by atoms with van der Waals surface area (Å²) in [7, 11) is -4.10. The highest BCUT2D eigenvalue weighted by molar-refractivity contribution is 7.89. The normalized spacial score (nSPS) is 11.6. The molecule has 182 valence electrons. The number of hydrogen-bond acceptors (Lipinski definition) is 6. The summed E-state index contributed by atoms with van der Waals surface area (Å²) in [6.45, 7) is 8.50. The van der Waals surface area contributed by atoms with Crippen LogP contribution < -0.4 is 5.32 Å². The topological polar surface area (TPSA) is 122 Å². The molecule has 2 heterocycles. The minimum Gasteiger partial charge on any atom is -0.468 e. The van der Waals surface area contributed by atoms with Gasteiger partial charge in [0.2, 0.25) is 15.9 Å². The summed E-state index contributed by atoms with van der Waals surface area (Å²) in [6, 6.07) is 8.19. The van der Waals surface area contributed by atoms with Crippen molar-refractivity contribution in [1.82, 2.24) is 9.29 Å². The van der Waals surface area contributed by atoms with Crippen LogP contribution in [-0.2, 0) is 32.6 Å². The third kappa shape index (κ3) is 5.40. The highest BCUT2D eigenvalue weighted by Crippen LogP contribution is 2.30. The molecule has 0 unspecified atom stereocenters. The Labute approximate surface area is 199 Å². The Morgan fingerprint density at radius 3 is 2.50 bits per heavy atom. The van der Waals surface area contributed by atoms with Crippen molar-refractivity contribution in [3.8, 4) is 0 Å². The van der Waals surface area contributed by atoms with Gasteiger partial charge in [0.25, 0.3) is 0 Å². The summed E-state index contributed by atoms with van der Waals surface area (Å²) in [5, 5.41) is 2.60. The van der Waals surface area contributed by atoms with Gasteiger partial charge in [0.05, 0.1) is 25.1 Å². The number of sulfonamides is 1. The number of aromatic nitrogens is 1. The van der Waals surface area contributed by atoms with Crippen LogP contribution >= 0.6 is 0 Å². The first-order valence-electron chi connectivity index (χ1n) is 10.8. The molecule has 0 saturated carbocycles. The predicted molar refractivity (Wildman–Crippen MR) is 127 cm³/mol. The van der Waals surface area contributed by atoms with Gasteiger partial charge in [0.15, 0.2) is 0 Å². The molecule has 3 aromatic rings. The molecule has 34 heavy (non-hydrogen) atoms. The maximum Gasteiger partial charge on any atom is 0.355 e. The van der Waals surface area contributed by atoms with Crippen molar-refractivity contribution in [2.24, 2.45) is 0 Å². The maximum absolute atomic E-state index is 13.9. The number of carbonyl (C=O) groups excluding carboxylic acids is 2. The second-order valence-electron chi connectivity index (χ2n) is 7.98. The van der Waals surface area contributed by atoms with Gasteiger partial charge >= 0.3 is 5.97 Å². The fraction of sp³-hybridized carbons (Fsp3) is 0.333. The van der Waals surface area contributed by atoms with Gasteiger partial charge in [-0.25, -0.2) is 13.2 Å². The second-order valence-corrected chi connectivity index (χ2v) is 9.89. The number of H-pyrrole nitrogens is 1. The van der Waals surface area contributed by atoms with E-state index in [2.05, 4.69) is 10.3 Å². The van der Waals surface area contributed by atoms with Crippen LogP contribution in [0.2, 0.25) is 0 Å². The molecule has 1 aromatic carbocycles. The molecule has 0 fully saturated rings. The van der Waals surface area contributed by atoms with Crippen LogP contribution in [0.15, 0.2) is 45.9 Å². The molecule has 9 nitrogen and oxygen atoms in total. The van der Waals surface area contributed by atoms with E-state index in [0.717, 1.165) is 5.56 Å². The van der Waals surface area contributed by atoms with Gasteiger partial charge in [-0.2, -0.15) is 4.31 Å². The molecule has 0 atom stereocenters. The number of anilines is 1. The Morgan fingerprint density at radius 2 is 1.88 bits per heavy atom.